The lowest BCUT2D eigenvalue weighted by molar-refractivity contribution is -0.139. The number of carbonyl (C=O) groups excluding carboxylic acids is 2. The first-order valence-electron chi connectivity index (χ1n) is 10.4. The SMILES string of the molecule is CC[C@H]1Oc2ccc(NC(=O)c3ccccc3Cl)cc2CN(Cc2ccc(F)cc2Cl)C1=O. The molecule has 5 nitrogen and oxygen atoms in total. The summed E-state index contributed by atoms with van der Waals surface area (Å²) in [6.07, 6.45) is -0.175. The highest BCUT2D eigenvalue weighted by atomic mass is 35.5. The zero-order valence-electron chi connectivity index (χ0n) is 17.8. The summed E-state index contributed by atoms with van der Waals surface area (Å²) in [6, 6.07) is 16.1. The average Bonchev–Trinajstić information content (AvgIpc) is 2.92. The zero-order chi connectivity index (χ0) is 23.5. The number of fused-ring (bicyclic) bond motifs is 1. The number of rotatable bonds is 5. The molecule has 3 aromatic rings. The minimum Gasteiger partial charge on any atom is -0.480 e. The summed E-state index contributed by atoms with van der Waals surface area (Å²) in [5.74, 6) is -0.396. The van der Waals surface area contributed by atoms with E-state index in [0.29, 0.717) is 34.0 Å². The van der Waals surface area contributed by atoms with Crippen molar-refractivity contribution in [2.75, 3.05) is 5.32 Å². The van der Waals surface area contributed by atoms with Crippen LogP contribution in [0.3, 0.4) is 0 Å². The van der Waals surface area contributed by atoms with Gasteiger partial charge in [0.25, 0.3) is 11.8 Å². The Morgan fingerprint density at radius 3 is 2.64 bits per heavy atom. The predicted octanol–water partition coefficient (Wildman–Crippen LogP) is 6.08. The molecule has 1 N–H and O–H groups in total. The molecule has 0 aliphatic carbocycles. The predicted molar refractivity (Wildman–Crippen MR) is 126 cm³/mol. The molecule has 0 saturated carbocycles. The second-order valence-corrected chi connectivity index (χ2v) is 8.52. The van der Waals surface area contributed by atoms with Crippen LogP contribution in [-0.2, 0) is 17.9 Å². The third kappa shape index (κ3) is 5.13. The highest BCUT2D eigenvalue weighted by molar-refractivity contribution is 6.34. The monoisotopic (exact) mass is 486 g/mol. The van der Waals surface area contributed by atoms with Crippen molar-refractivity contribution in [3.8, 4) is 5.75 Å². The number of hydrogen-bond acceptors (Lipinski definition) is 3. The van der Waals surface area contributed by atoms with Gasteiger partial charge in [0.1, 0.15) is 11.6 Å². The summed E-state index contributed by atoms with van der Waals surface area (Å²) in [4.78, 5) is 27.4. The molecular weight excluding hydrogens is 466 g/mol. The zero-order valence-corrected chi connectivity index (χ0v) is 19.3. The third-order valence-electron chi connectivity index (χ3n) is 5.40. The van der Waals surface area contributed by atoms with Crippen LogP contribution in [0.15, 0.2) is 60.7 Å². The van der Waals surface area contributed by atoms with Gasteiger partial charge in [-0.05, 0) is 54.4 Å². The van der Waals surface area contributed by atoms with Crippen LogP contribution in [0.4, 0.5) is 10.1 Å². The van der Waals surface area contributed by atoms with E-state index in [0.717, 1.165) is 5.56 Å². The summed E-state index contributed by atoms with van der Waals surface area (Å²) in [5.41, 5.74) is 2.27. The van der Waals surface area contributed by atoms with Crippen molar-refractivity contribution in [2.45, 2.75) is 32.5 Å². The number of nitrogens with one attached hydrogen (secondary N) is 1. The number of anilines is 1. The summed E-state index contributed by atoms with van der Waals surface area (Å²) in [5, 5.41) is 3.45. The lowest BCUT2D eigenvalue weighted by Gasteiger charge is -2.23. The lowest BCUT2D eigenvalue weighted by atomic mass is 10.1. The van der Waals surface area contributed by atoms with Crippen LogP contribution in [0.5, 0.6) is 5.75 Å². The summed E-state index contributed by atoms with van der Waals surface area (Å²) >= 11 is 12.3. The van der Waals surface area contributed by atoms with E-state index in [9.17, 15) is 14.0 Å². The molecule has 4 rings (SSSR count). The van der Waals surface area contributed by atoms with E-state index in [1.165, 1.54) is 12.1 Å². The normalized spacial score (nSPS) is 15.5. The number of carbonyl (C=O) groups is 2. The molecule has 2 amide bonds. The molecule has 1 heterocycles. The van der Waals surface area contributed by atoms with Gasteiger partial charge in [-0.3, -0.25) is 9.59 Å². The van der Waals surface area contributed by atoms with Gasteiger partial charge < -0.3 is 15.0 Å². The molecular formula is C25H21Cl2FN2O3. The van der Waals surface area contributed by atoms with E-state index < -0.39 is 11.9 Å². The van der Waals surface area contributed by atoms with Gasteiger partial charge in [0.2, 0.25) is 0 Å². The fourth-order valence-corrected chi connectivity index (χ4v) is 4.13. The largest absolute Gasteiger partial charge is 0.480 e. The first-order valence-corrected chi connectivity index (χ1v) is 11.2. The Kier molecular flexibility index (Phi) is 6.86. The van der Waals surface area contributed by atoms with Gasteiger partial charge in [0.05, 0.1) is 10.6 Å². The molecule has 33 heavy (non-hydrogen) atoms. The lowest BCUT2D eigenvalue weighted by Crippen LogP contribution is -2.38. The van der Waals surface area contributed by atoms with Crippen molar-refractivity contribution in [1.82, 2.24) is 4.90 Å². The molecule has 0 saturated heterocycles. The maximum absolute atomic E-state index is 13.4. The van der Waals surface area contributed by atoms with Crippen molar-refractivity contribution in [3.63, 3.8) is 0 Å². The number of halogens is 3. The molecule has 8 heteroatoms. The maximum atomic E-state index is 13.4. The van der Waals surface area contributed by atoms with E-state index >= 15 is 0 Å². The molecule has 0 bridgehead atoms. The first-order chi connectivity index (χ1) is 15.9. The number of amides is 2. The quantitative estimate of drug-likeness (QED) is 0.474. The second-order valence-electron chi connectivity index (χ2n) is 7.70. The van der Waals surface area contributed by atoms with Crippen LogP contribution in [-0.4, -0.2) is 22.8 Å². The van der Waals surface area contributed by atoms with Crippen molar-refractivity contribution in [2.24, 2.45) is 0 Å². The molecule has 1 aliphatic heterocycles. The number of hydrogen-bond donors (Lipinski definition) is 1. The highest BCUT2D eigenvalue weighted by Crippen LogP contribution is 2.31. The van der Waals surface area contributed by atoms with Crippen molar-refractivity contribution < 1.29 is 18.7 Å². The Hall–Kier alpha value is -3.09. The van der Waals surface area contributed by atoms with E-state index in [4.69, 9.17) is 27.9 Å². The second kappa shape index (κ2) is 9.81. The molecule has 0 radical (unpaired) electrons. The van der Waals surface area contributed by atoms with Crippen LogP contribution in [0.2, 0.25) is 10.0 Å². The van der Waals surface area contributed by atoms with Gasteiger partial charge in [-0.15, -0.1) is 0 Å². The molecule has 0 fully saturated rings. The Bertz CT molecular complexity index is 1220. The number of benzene rings is 3. The standard InChI is InChI=1S/C25H21Cl2FN2O3/c1-2-22-25(32)30(13-15-7-8-17(28)12-21(15)27)14-16-11-18(9-10-23(16)33-22)29-24(31)19-5-3-4-6-20(19)26/h3-12,22H,2,13-14H2,1H3,(H,29,31)/t22-/m1/s1. The van der Waals surface area contributed by atoms with Crippen LogP contribution in [0.1, 0.15) is 34.8 Å². The first kappa shape index (κ1) is 23.1. The Balaban J connectivity index is 1.61. The smallest absolute Gasteiger partial charge is 0.264 e. The van der Waals surface area contributed by atoms with Gasteiger partial charge in [0, 0.05) is 29.4 Å². The van der Waals surface area contributed by atoms with Gasteiger partial charge >= 0.3 is 0 Å². The molecule has 0 unspecified atom stereocenters. The van der Waals surface area contributed by atoms with Crippen LogP contribution in [0.25, 0.3) is 0 Å². The number of ether oxygens (including phenoxy) is 1. The maximum Gasteiger partial charge on any atom is 0.264 e. The van der Waals surface area contributed by atoms with Crippen LogP contribution >= 0.6 is 23.2 Å². The Labute approximate surface area is 201 Å². The van der Waals surface area contributed by atoms with E-state index in [-0.39, 0.29) is 29.9 Å². The topological polar surface area (TPSA) is 58.6 Å². The molecule has 170 valence electrons. The van der Waals surface area contributed by atoms with Gasteiger partial charge in [-0.1, -0.05) is 48.3 Å². The summed E-state index contributed by atoms with van der Waals surface area (Å²) < 4.78 is 19.4. The summed E-state index contributed by atoms with van der Waals surface area (Å²) in [6.45, 7) is 2.32. The fourth-order valence-electron chi connectivity index (χ4n) is 3.68. The Morgan fingerprint density at radius 2 is 1.91 bits per heavy atom. The average molecular weight is 487 g/mol. The molecule has 0 aromatic heterocycles. The van der Waals surface area contributed by atoms with E-state index in [1.54, 1.807) is 53.4 Å². The van der Waals surface area contributed by atoms with Crippen molar-refractivity contribution >= 4 is 40.7 Å². The van der Waals surface area contributed by atoms with Crippen molar-refractivity contribution in [3.05, 3.63) is 93.2 Å². The Morgan fingerprint density at radius 1 is 1.12 bits per heavy atom. The van der Waals surface area contributed by atoms with E-state index in [1.807, 2.05) is 6.92 Å². The molecule has 3 aromatic carbocycles. The minimum atomic E-state index is -0.658. The molecule has 1 aliphatic rings. The van der Waals surface area contributed by atoms with Gasteiger partial charge in [0.15, 0.2) is 6.10 Å². The highest BCUT2D eigenvalue weighted by Gasteiger charge is 2.30. The van der Waals surface area contributed by atoms with E-state index in [2.05, 4.69) is 5.32 Å². The van der Waals surface area contributed by atoms with Gasteiger partial charge in [-0.25, -0.2) is 4.39 Å². The van der Waals surface area contributed by atoms with Crippen molar-refractivity contribution in [1.29, 1.82) is 0 Å². The van der Waals surface area contributed by atoms with Gasteiger partial charge in [-0.2, -0.15) is 0 Å². The fraction of sp³-hybridized carbons (Fsp3) is 0.200. The summed E-state index contributed by atoms with van der Waals surface area (Å²) in [7, 11) is 0. The third-order valence-corrected chi connectivity index (χ3v) is 6.08. The number of nitrogens with zero attached hydrogens (tertiary/aromatic N) is 1. The van der Waals surface area contributed by atoms with Crippen LogP contribution < -0.4 is 10.1 Å². The minimum absolute atomic E-state index is 0.184. The molecule has 1 atom stereocenters. The van der Waals surface area contributed by atoms with Crippen LogP contribution in [0, 0.1) is 5.82 Å². The molecule has 0 spiro atoms.